The van der Waals surface area contributed by atoms with Crippen LogP contribution in [0.5, 0.6) is 0 Å². The van der Waals surface area contributed by atoms with Crippen molar-refractivity contribution >= 4 is 70.0 Å². The van der Waals surface area contributed by atoms with E-state index in [4.69, 9.17) is 9.05 Å². The lowest BCUT2D eigenvalue weighted by atomic mass is 9.93. The second-order valence-electron chi connectivity index (χ2n) is 16.0. The second kappa shape index (κ2) is 19.4. The van der Waals surface area contributed by atoms with Crippen molar-refractivity contribution in [2.45, 2.75) is 52.4 Å². The van der Waals surface area contributed by atoms with Crippen LogP contribution in [0.2, 0.25) is 0 Å². The molecule has 18 nitrogen and oxygen atoms in total. The molecule has 3 aromatic carbocycles. The number of carboxylic acids is 1. The van der Waals surface area contributed by atoms with Gasteiger partial charge in [-0.15, -0.1) is 0 Å². The molecule has 0 bridgehead atoms. The van der Waals surface area contributed by atoms with Gasteiger partial charge in [-0.3, -0.25) is 20.2 Å². The Balaban J connectivity index is 0.000000234. The van der Waals surface area contributed by atoms with Gasteiger partial charge in [0, 0.05) is 66.0 Å². The summed E-state index contributed by atoms with van der Waals surface area (Å²) in [5.74, 6) is 0.725. The average Bonchev–Trinajstić information content (AvgIpc) is 3.90. The number of rotatable bonds is 10. The van der Waals surface area contributed by atoms with Gasteiger partial charge < -0.3 is 40.3 Å². The van der Waals surface area contributed by atoms with Crippen LogP contribution < -0.4 is 36.8 Å². The molecule has 6 amide bonds. The van der Waals surface area contributed by atoms with Crippen LogP contribution in [0.15, 0.2) is 112 Å². The summed E-state index contributed by atoms with van der Waals surface area (Å²) in [7, 11) is 3.76. The fraction of sp³-hybridized carbons (Fsp3) is 0.227. The van der Waals surface area contributed by atoms with Gasteiger partial charge in [-0.2, -0.15) is 0 Å². The first-order chi connectivity index (χ1) is 29.2. The normalized spacial score (nSPS) is 11.0. The van der Waals surface area contributed by atoms with Gasteiger partial charge in [0.15, 0.2) is 11.6 Å². The minimum atomic E-state index is -1.18. The molecule has 0 saturated carbocycles. The summed E-state index contributed by atoms with van der Waals surface area (Å²) >= 11 is 0. The summed E-state index contributed by atoms with van der Waals surface area (Å²) in [5, 5.41) is 32.9. The third-order valence-electron chi connectivity index (χ3n) is 8.65. The van der Waals surface area contributed by atoms with Gasteiger partial charge in [0.2, 0.25) is 0 Å². The van der Waals surface area contributed by atoms with Gasteiger partial charge in [0.1, 0.15) is 17.3 Å². The van der Waals surface area contributed by atoms with E-state index in [1.807, 2.05) is 60.5 Å². The number of nitrogens with one attached hydrogen (secondary N) is 6. The number of pyridine rings is 1. The number of aromatic carboxylic acids is 1. The molecule has 0 aliphatic heterocycles. The first kappa shape index (κ1) is 45.1. The van der Waals surface area contributed by atoms with Gasteiger partial charge in [-0.05, 0) is 72.8 Å². The van der Waals surface area contributed by atoms with E-state index in [-0.39, 0.29) is 27.9 Å². The van der Waals surface area contributed by atoms with E-state index in [1.54, 1.807) is 84.9 Å². The van der Waals surface area contributed by atoms with Gasteiger partial charge in [-0.25, -0.2) is 19.4 Å². The summed E-state index contributed by atoms with van der Waals surface area (Å²) in [6.45, 7) is 11.9. The maximum absolute atomic E-state index is 12.4. The van der Waals surface area contributed by atoms with E-state index in [0.29, 0.717) is 51.5 Å². The largest absolute Gasteiger partial charge is 0.478 e. The molecule has 0 radical (unpaired) electrons. The van der Waals surface area contributed by atoms with E-state index < -0.39 is 23.9 Å². The lowest BCUT2D eigenvalue weighted by Crippen LogP contribution is -2.19. The molecule has 3 heterocycles. The number of aromatic nitrogens is 3. The second-order valence-corrected chi connectivity index (χ2v) is 16.0. The molecule has 0 atom stereocenters. The maximum Gasteiger partial charge on any atom is 0.336 e. The number of amides is 6. The summed E-state index contributed by atoms with van der Waals surface area (Å²) in [4.78, 5) is 66.5. The molecule has 0 spiro atoms. The van der Waals surface area contributed by atoms with Gasteiger partial charge in [-0.1, -0.05) is 64.0 Å². The highest BCUT2D eigenvalue weighted by molar-refractivity contribution is 6.11. The number of nitrogens with zero attached hydrogens (tertiary/aromatic N) is 4. The summed E-state index contributed by atoms with van der Waals surface area (Å²) in [5.41, 5.74) is 2.09. The number of hydrogen-bond donors (Lipinski definition) is 7. The number of carboxylic acid groups (broad SMARTS) is 1. The molecular formula is C44H48N10O8. The topological polar surface area (TPSA) is 246 Å². The molecule has 7 N–H and O–H groups in total. The van der Waals surface area contributed by atoms with Gasteiger partial charge >= 0.3 is 18.0 Å². The van der Waals surface area contributed by atoms with Gasteiger partial charge in [0.05, 0.1) is 16.7 Å². The number of carbonyl (C=O) groups excluding carboxylic acids is 4. The van der Waals surface area contributed by atoms with Crippen molar-refractivity contribution in [3.8, 4) is 0 Å². The Morgan fingerprint density at radius 1 is 0.548 bits per heavy atom. The molecule has 62 heavy (non-hydrogen) atoms. The smallest absolute Gasteiger partial charge is 0.336 e. The molecular weight excluding hydrogens is 797 g/mol. The Hall–Kier alpha value is -8.02. The van der Waals surface area contributed by atoms with E-state index in [0.717, 1.165) is 5.82 Å². The zero-order chi connectivity index (χ0) is 45.2. The van der Waals surface area contributed by atoms with E-state index in [1.165, 1.54) is 18.3 Å². The van der Waals surface area contributed by atoms with E-state index >= 15 is 0 Å². The van der Waals surface area contributed by atoms with Crippen molar-refractivity contribution in [3.63, 3.8) is 0 Å². The number of hydrogen-bond acceptors (Lipinski definition) is 11. The summed E-state index contributed by atoms with van der Waals surface area (Å²) in [6.07, 6.45) is 1.53. The predicted octanol–water partition coefficient (Wildman–Crippen LogP) is 8.90. The highest BCUT2D eigenvalue weighted by Crippen LogP contribution is 2.26. The Morgan fingerprint density at radius 3 is 1.34 bits per heavy atom. The molecule has 6 rings (SSSR count). The minimum Gasteiger partial charge on any atom is -0.478 e. The monoisotopic (exact) mass is 844 g/mol. The predicted molar refractivity (Wildman–Crippen MR) is 236 cm³/mol. The van der Waals surface area contributed by atoms with Crippen molar-refractivity contribution in [1.29, 1.82) is 0 Å². The first-order valence-corrected chi connectivity index (χ1v) is 19.1. The number of benzene rings is 3. The third-order valence-corrected chi connectivity index (χ3v) is 8.65. The lowest BCUT2D eigenvalue weighted by molar-refractivity contribution is 0.0692. The number of carbonyl (C=O) groups is 5. The molecule has 6 aromatic rings. The van der Waals surface area contributed by atoms with Crippen LogP contribution in [0.25, 0.3) is 0 Å². The molecule has 0 aliphatic carbocycles. The Kier molecular flexibility index (Phi) is 14.1. The molecule has 3 aromatic heterocycles. The number of urea groups is 2. The van der Waals surface area contributed by atoms with Gasteiger partial charge in [0.25, 0.3) is 11.8 Å². The van der Waals surface area contributed by atoms with Crippen LogP contribution in [0.3, 0.4) is 0 Å². The van der Waals surface area contributed by atoms with Crippen LogP contribution in [-0.4, -0.2) is 64.3 Å². The maximum atomic E-state index is 12.4. The SMILES string of the molecule is CC(C)(C)c1cc(NC(=O)Nc2ccc(NC(=O)c3ccccc3C(=O)O)cc2)no1.CN(C)c1ccc(C(=O)Nc2ccc(NC(=O)Nc3cc(C(C)(C)C)on3)cc2)cn1. The van der Waals surface area contributed by atoms with Crippen molar-refractivity contribution < 1.29 is 38.1 Å². The quantitative estimate of drug-likeness (QED) is 0.0683. The molecule has 0 aliphatic rings. The zero-order valence-corrected chi connectivity index (χ0v) is 35.4. The van der Waals surface area contributed by atoms with Crippen LogP contribution >= 0.6 is 0 Å². The number of anilines is 7. The Morgan fingerprint density at radius 2 is 0.968 bits per heavy atom. The van der Waals surface area contributed by atoms with Crippen LogP contribution in [0.1, 0.15) is 84.1 Å². The summed E-state index contributed by atoms with van der Waals surface area (Å²) < 4.78 is 10.5. The van der Waals surface area contributed by atoms with E-state index in [2.05, 4.69) is 47.2 Å². The highest BCUT2D eigenvalue weighted by atomic mass is 16.5. The van der Waals surface area contributed by atoms with E-state index in [9.17, 15) is 29.1 Å². The molecule has 0 unspecified atom stereocenters. The fourth-order valence-electron chi connectivity index (χ4n) is 5.26. The molecule has 322 valence electrons. The summed E-state index contributed by atoms with van der Waals surface area (Å²) in [6, 6.07) is 25.0. The third kappa shape index (κ3) is 12.7. The Labute approximate surface area is 357 Å². The molecule has 0 saturated heterocycles. The van der Waals surface area contributed by atoms with Crippen molar-refractivity contribution in [2.75, 3.05) is 50.9 Å². The fourth-order valence-corrected chi connectivity index (χ4v) is 5.26. The van der Waals surface area contributed by atoms with Crippen LogP contribution in [0.4, 0.5) is 49.8 Å². The lowest BCUT2D eigenvalue weighted by Gasteiger charge is -2.12. The molecule has 18 heteroatoms. The average molecular weight is 845 g/mol. The van der Waals surface area contributed by atoms with Crippen LogP contribution in [-0.2, 0) is 10.8 Å². The van der Waals surface area contributed by atoms with Crippen molar-refractivity contribution in [1.82, 2.24) is 15.3 Å². The first-order valence-electron chi connectivity index (χ1n) is 19.1. The van der Waals surface area contributed by atoms with Crippen LogP contribution in [0, 0.1) is 0 Å². The van der Waals surface area contributed by atoms with Crippen molar-refractivity contribution in [2.24, 2.45) is 0 Å². The van der Waals surface area contributed by atoms with Crippen molar-refractivity contribution in [3.05, 3.63) is 131 Å². The minimum absolute atomic E-state index is 0.0545. The standard InChI is InChI=1S/C22H26N6O3.C22H22N4O5/c1-22(2,3)17-12-18(27-31-17)26-21(30)25-16-9-7-15(8-10-16)24-20(29)14-6-11-19(23-13-14)28(4)5;1-22(2,3)17-12-18(26-31-17)25-21(30)24-14-10-8-13(9-11-14)23-19(27)15-6-4-5-7-16(15)20(28)29/h6-13H,1-5H3,(H,24,29)(H2,25,26,27,30);4-12H,1-3H3,(H,23,27)(H,28,29)(H2,24,25,26,30). The molecule has 0 fully saturated rings. The highest BCUT2D eigenvalue weighted by Gasteiger charge is 2.22. The zero-order valence-electron chi connectivity index (χ0n) is 35.4. The Bertz CT molecular complexity index is 2520.